The lowest BCUT2D eigenvalue weighted by molar-refractivity contribution is -0.145. The second-order valence-electron chi connectivity index (χ2n) is 8.86. The fraction of sp³-hybridized carbons (Fsp3) is 0.545. The molecule has 1 saturated heterocycles. The molecule has 2 aromatic rings. The average molecular weight is 491 g/mol. The van der Waals surface area contributed by atoms with E-state index in [9.17, 15) is 19.2 Å². The summed E-state index contributed by atoms with van der Waals surface area (Å²) in [5.74, 6) is -0.712. The predicted octanol–water partition coefficient (Wildman–Crippen LogP) is 2.92. The van der Waals surface area contributed by atoms with E-state index < -0.39 is 0 Å². The fourth-order valence-corrected chi connectivity index (χ4v) is 10.4. The molecule has 6 rings (SSSR count). The number of imide groups is 1. The number of aromatic amines is 1. The summed E-state index contributed by atoms with van der Waals surface area (Å²) in [5.41, 5.74) is 0. The Hall–Kier alpha value is -1.91. The number of H-pyrrole nitrogens is 1. The number of hydrogen-bond acceptors (Lipinski definition) is 8. The second kappa shape index (κ2) is 7.56. The van der Waals surface area contributed by atoms with Crippen LogP contribution in [0.15, 0.2) is 27.3 Å². The Balaban J connectivity index is 1.33. The van der Waals surface area contributed by atoms with Crippen LogP contribution >= 0.6 is 34.4 Å². The van der Waals surface area contributed by atoms with Crippen molar-refractivity contribution in [2.75, 3.05) is 13.2 Å². The molecule has 2 bridgehead atoms. The van der Waals surface area contributed by atoms with E-state index in [4.69, 9.17) is 4.74 Å². The first kappa shape index (κ1) is 20.7. The standard InChI is InChI=1S/C22H22N2O5S3/c1-2-29-12(25)5-6-24-20(26)14-9-8-10(15(14)21(24)27)17-13(9)16(11-4-3-7-30-11)18-19(31-17)23-22(28)32-18/h3-4,7,9-10,13-17H,2,5-6,8H2,1H3,(H,23,28)/t9-,10+,13+,14-,15+,16+,17-/m1/s1. The van der Waals surface area contributed by atoms with E-state index >= 15 is 0 Å². The molecule has 7 atom stereocenters. The lowest BCUT2D eigenvalue weighted by Crippen LogP contribution is -2.42. The highest BCUT2D eigenvalue weighted by molar-refractivity contribution is 8.00. The predicted molar refractivity (Wildman–Crippen MR) is 121 cm³/mol. The van der Waals surface area contributed by atoms with Crippen molar-refractivity contribution in [1.29, 1.82) is 0 Å². The highest BCUT2D eigenvalue weighted by Crippen LogP contribution is 2.68. The molecular weight excluding hydrogens is 468 g/mol. The molecule has 2 aromatic heterocycles. The summed E-state index contributed by atoms with van der Waals surface area (Å²) in [7, 11) is 0. The smallest absolute Gasteiger partial charge is 0.307 e. The van der Waals surface area contributed by atoms with Crippen LogP contribution in [0.5, 0.6) is 0 Å². The number of nitrogens with zero attached hydrogens (tertiary/aromatic N) is 1. The summed E-state index contributed by atoms with van der Waals surface area (Å²) in [6.07, 6.45) is 0.917. The van der Waals surface area contributed by atoms with Gasteiger partial charge in [0.05, 0.1) is 29.9 Å². The van der Waals surface area contributed by atoms with Gasteiger partial charge in [0.15, 0.2) is 0 Å². The highest BCUT2D eigenvalue weighted by Gasteiger charge is 2.69. The van der Waals surface area contributed by atoms with Gasteiger partial charge in [0.25, 0.3) is 0 Å². The minimum absolute atomic E-state index is 0.0397. The number of nitrogens with one attached hydrogen (secondary N) is 1. The van der Waals surface area contributed by atoms with E-state index in [1.54, 1.807) is 30.0 Å². The molecule has 0 spiro atoms. The van der Waals surface area contributed by atoms with Crippen LogP contribution in [0.3, 0.4) is 0 Å². The second-order valence-corrected chi connectivity index (χ2v) is 12.0. The number of rotatable bonds is 5. The molecule has 0 radical (unpaired) electrons. The normalized spacial score (nSPS) is 34.5. The molecule has 0 unspecified atom stereocenters. The number of thioether (sulfide) groups is 1. The number of carbonyl (C=O) groups is 3. The zero-order valence-electron chi connectivity index (χ0n) is 17.3. The van der Waals surface area contributed by atoms with E-state index in [0.717, 1.165) is 16.3 Å². The van der Waals surface area contributed by atoms with Crippen molar-refractivity contribution in [1.82, 2.24) is 9.88 Å². The molecule has 2 aliphatic carbocycles. The van der Waals surface area contributed by atoms with E-state index in [2.05, 4.69) is 16.4 Å². The number of likely N-dealkylation sites (tertiary alicyclic amines) is 1. The third-order valence-corrected chi connectivity index (χ3v) is 11.1. The SMILES string of the molecule is CCOC(=O)CCN1C(=O)[C@@H]2[C@@H]3C[C@H]([C@H]4Sc5[nH]c(=O)sc5[C@@H](c5cccs5)[C@H]34)[C@@H]2C1=O. The number of aromatic nitrogens is 1. The van der Waals surface area contributed by atoms with Crippen LogP contribution in [0.2, 0.25) is 0 Å². The summed E-state index contributed by atoms with van der Waals surface area (Å²) in [6, 6.07) is 4.15. The minimum Gasteiger partial charge on any atom is -0.466 e. The lowest BCUT2D eigenvalue weighted by Gasteiger charge is -2.42. The molecule has 10 heteroatoms. The van der Waals surface area contributed by atoms with Gasteiger partial charge >= 0.3 is 10.8 Å². The number of carbonyl (C=O) groups excluding carboxylic acids is 3. The zero-order chi connectivity index (χ0) is 22.1. The lowest BCUT2D eigenvalue weighted by atomic mass is 9.69. The van der Waals surface area contributed by atoms with Crippen molar-refractivity contribution in [3.63, 3.8) is 0 Å². The molecule has 2 saturated carbocycles. The number of amides is 2. The van der Waals surface area contributed by atoms with Gasteiger partial charge in [-0.1, -0.05) is 17.4 Å². The molecule has 1 N–H and O–H groups in total. The first-order valence-corrected chi connectivity index (χ1v) is 13.5. The molecule has 2 aliphatic heterocycles. The quantitative estimate of drug-likeness (QED) is 0.511. The number of ether oxygens (including phenoxy) is 1. The summed E-state index contributed by atoms with van der Waals surface area (Å²) >= 11 is 4.66. The van der Waals surface area contributed by atoms with Crippen molar-refractivity contribution in [2.45, 2.75) is 36.0 Å². The van der Waals surface area contributed by atoms with Gasteiger partial charge in [-0.15, -0.1) is 23.1 Å². The number of thiophene rings is 1. The maximum absolute atomic E-state index is 13.4. The van der Waals surface area contributed by atoms with Gasteiger partial charge in [0.2, 0.25) is 11.8 Å². The Labute approximate surface area is 196 Å². The summed E-state index contributed by atoms with van der Waals surface area (Å²) < 4.78 is 4.97. The van der Waals surface area contributed by atoms with Crippen LogP contribution in [0.25, 0.3) is 0 Å². The first-order chi connectivity index (χ1) is 15.5. The van der Waals surface area contributed by atoms with E-state index in [1.165, 1.54) is 21.1 Å². The van der Waals surface area contributed by atoms with Crippen LogP contribution in [-0.2, 0) is 19.1 Å². The Morgan fingerprint density at radius 3 is 2.72 bits per heavy atom. The number of esters is 1. The molecule has 4 heterocycles. The van der Waals surface area contributed by atoms with Gasteiger partial charge in [-0.2, -0.15) is 0 Å². The maximum Gasteiger partial charge on any atom is 0.307 e. The third-order valence-electron chi connectivity index (χ3n) is 7.51. The largest absolute Gasteiger partial charge is 0.466 e. The van der Waals surface area contributed by atoms with Crippen molar-refractivity contribution < 1.29 is 19.1 Å². The Kier molecular flexibility index (Phi) is 4.89. The van der Waals surface area contributed by atoms with Crippen LogP contribution in [0.1, 0.15) is 35.4 Å². The zero-order valence-corrected chi connectivity index (χ0v) is 19.8. The van der Waals surface area contributed by atoms with Crippen molar-refractivity contribution in [3.05, 3.63) is 36.9 Å². The minimum atomic E-state index is -0.386. The molecule has 168 valence electrons. The van der Waals surface area contributed by atoms with Crippen molar-refractivity contribution in [3.8, 4) is 0 Å². The summed E-state index contributed by atoms with van der Waals surface area (Å²) in [6.45, 7) is 2.12. The van der Waals surface area contributed by atoms with Gasteiger partial charge in [0.1, 0.15) is 0 Å². The Bertz CT molecular complexity index is 1150. The molecule has 0 aromatic carbocycles. The summed E-state index contributed by atoms with van der Waals surface area (Å²) in [4.78, 5) is 57.2. The number of fused-ring (bicyclic) bond motifs is 9. The number of hydrogen-bond donors (Lipinski definition) is 1. The van der Waals surface area contributed by atoms with Crippen molar-refractivity contribution in [2.24, 2.45) is 29.6 Å². The molecule has 2 amide bonds. The Morgan fingerprint density at radius 2 is 2.00 bits per heavy atom. The Morgan fingerprint density at radius 1 is 1.22 bits per heavy atom. The van der Waals surface area contributed by atoms with E-state index in [0.29, 0.717) is 0 Å². The summed E-state index contributed by atoms with van der Waals surface area (Å²) in [5, 5.41) is 3.19. The van der Waals surface area contributed by atoms with E-state index in [1.807, 2.05) is 6.07 Å². The van der Waals surface area contributed by atoms with Gasteiger partial charge in [-0.3, -0.25) is 24.1 Å². The van der Waals surface area contributed by atoms with Crippen LogP contribution in [-0.4, -0.2) is 46.1 Å². The first-order valence-electron chi connectivity index (χ1n) is 10.9. The molecular formula is C22H22N2O5S3. The van der Waals surface area contributed by atoms with Crippen LogP contribution in [0.4, 0.5) is 0 Å². The highest BCUT2D eigenvalue weighted by atomic mass is 32.2. The van der Waals surface area contributed by atoms with Crippen LogP contribution < -0.4 is 4.87 Å². The number of thiazole rings is 1. The molecule has 4 aliphatic rings. The van der Waals surface area contributed by atoms with Crippen molar-refractivity contribution >= 4 is 52.2 Å². The maximum atomic E-state index is 13.4. The average Bonchev–Trinajstić information content (AvgIpc) is 3.55. The topological polar surface area (TPSA) is 96.5 Å². The molecule has 3 fully saturated rings. The molecule has 32 heavy (non-hydrogen) atoms. The van der Waals surface area contributed by atoms with Gasteiger partial charge < -0.3 is 9.72 Å². The van der Waals surface area contributed by atoms with Gasteiger partial charge in [0, 0.05) is 27.5 Å². The van der Waals surface area contributed by atoms with Gasteiger partial charge in [-0.25, -0.2) is 0 Å². The van der Waals surface area contributed by atoms with E-state index in [-0.39, 0.29) is 83.0 Å². The third kappa shape index (κ3) is 2.85. The monoisotopic (exact) mass is 490 g/mol. The van der Waals surface area contributed by atoms with Gasteiger partial charge in [-0.05, 0) is 42.5 Å². The molecule has 7 nitrogen and oxygen atoms in total. The van der Waals surface area contributed by atoms with Crippen LogP contribution in [0, 0.1) is 29.6 Å². The fourth-order valence-electron chi connectivity index (χ4n) is 6.52.